The summed E-state index contributed by atoms with van der Waals surface area (Å²) in [5, 5.41) is 6.78. The Morgan fingerprint density at radius 1 is 1.35 bits per heavy atom. The molecule has 8 nitrogen and oxygen atoms in total. The van der Waals surface area contributed by atoms with Crippen LogP contribution in [-0.4, -0.2) is 77.3 Å². The fourth-order valence-electron chi connectivity index (χ4n) is 3.56. The van der Waals surface area contributed by atoms with Crippen molar-refractivity contribution in [3.63, 3.8) is 0 Å². The van der Waals surface area contributed by atoms with Gasteiger partial charge in [0.25, 0.3) is 0 Å². The van der Waals surface area contributed by atoms with Gasteiger partial charge in [0.05, 0.1) is 12.5 Å². The molecular formula is C15H26N6O2. The molecule has 1 aromatic heterocycles. The highest BCUT2D eigenvalue weighted by molar-refractivity contribution is 5.79. The first-order valence-corrected chi connectivity index (χ1v) is 8.35. The Labute approximate surface area is 136 Å². The van der Waals surface area contributed by atoms with Crippen LogP contribution in [0.5, 0.6) is 0 Å². The molecule has 2 aliphatic rings. The number of aromatic nitrogens is 3. The molecule has 23 heavy (non-hydrogen) atoms. The highest BCUT2D eigenvalue weighted by Crippen LogP contribution is 2.28. The van der Waals surface area contributed by atoms with Gasteiger partial charge in [0.2, 0.25) is 11.9 Å². The van der Waals surface area contributed by atoms with E-state index in [0.717, 1.165) is 64.4 Å². The molecule has 1 amide bonds. The van der Waals surface area contributed by atoms with Crippen LogP contribution in [0.1, 0.15) is 31.0 Å². The van der Waals surface area contributed by atoms with E-state index in [2.05, 4.69) is 20.1 Å². The molecule has 0 unspecified atom stereocenters. The van der Waals surface area contributed by atoms with Gasteiger partial charge in [0.1, 0.15) is 5.82 Å². The third-order valence-electron chi connectivity index (χ3n) is 4.95. The predicted molar refractivity (Wildman–Crippen MR) is 85.8 cm³/mol. The van der Waals surface area contributed by atoms with Crippen molar-refractivity contribution in [2.75, 3.05) is 52.2 Å². The fourth-order valence-corrected chi connectivity index (χ4v) is 3.56. The third-order valence-corrected chi connectivity index (χ3v) is 4.95. The molecule has 3 N–H and O–H groups in total. The quantitative estimate of drug-likeness (QED) is 0.795. The number of nitrogen functional groups attached to an aromatic ring is 1. The second-order valence-electron chi connectivity index (χ2n) is 6.46. The summed E-state index contributed by atoms with van der Waals surface area (Å²) in [4.78, 5) is 21.2. The predicted octanol–water partition coefficient (Wildman–Crippen LogP) is 0.0612. The number of piperidine rings is 1. The number of ether oxygens (including phenoxy) is 1. The molecule has 1 atom stereocenters. The van der Waals surface area contributed by atoms with Gasteiger partial charge in [-0.25, -0.2) is 0 Å². The number of aromatic amines is 1. The van der Waals surface area contributed by atoms with E-state index < -0.39 is 0 Å². The number of anilines is 1. The fraction of sp³-hybridized carbons (Fsp3) is 0.800. The first-order valence-electron chi connectivity index (χ1n) is 8.35. The van der Waals surface area contributed by atoms with Crippen LogP contribution in [0.15, 0.2) is 0 Å². The second kappa shape index (κ2) is 7.27. The van der Waals surface area contributed by atoms with E-state index in [1.54, 1.807) is 7.11 Å². The summed E-state index contributed by atoms with van der Waals surface area (Å²) in [6, 6.07) is 0. The summed E-state index contributed by atoms with van der Waals surface area (Å²) in [5.74, 6) is 1.91. The minimum Gasteiger partial charge on any atom is -0.383 e. The summed E-state index contributed by atoms with van der Waals surface area (Å²) in [7, 11) is 1.71. The van der Waals surface area contributed by atoms with Crippen molar-refractivity contribution in [2.24, 2.45) is 5.92 Å². The first-order chi connectivity index (χ1) is 11.2. The van der Waals surface area contributed by atoms with Crippen molar-refractivity contribution in [3.8, 4) is 0 Å². The number of carbonyl (C=O) groups excluding carboxylic acids is 1. The average Bonchev–Trinajstić information content (AvgIpc) is 3.21. The van der Waals surface area contributed by atoms with Crippen LogP contribution in [0.25, 0.3) is 0 Å². The van der Waals surface area contributed by atoms with Crippen LogP contribution in [0.3, 0.4) is 0 Å². The zero-order valence-corrected chi connectivity index (χ0v) is 13.7. The maximum atomic E-state index is 12.7. The van der Waals surface area contributed by atoms with E-state index >= 15 is 0 Å². The lowest BCUT2D eigenvalue weighted by Crippen LogP contribution is -2.42. The Morgan fingerprint density at radius 3 is 2.78 bits per heavy atom. The smallest absolute Gasteiger partial charge is 0.239 e. The number of amides is 1. The lowest BCUT2D eigenvalue weighted by molar-refractivity contribution is -0.136. The van der Waals surface area contributed by atoms with Crippen molar-refractivity contribution < 1.29 is 9.53 Å². The average molecular weight is 322 g/mol. The molecule has 128 valence electrons. The maximum Gasteiger partial charge on any atom is 0.239 e. The van der Waals surface area contributed by atoms with Crippen LogP contribution < -0.4 is 5.73 Å². The molecule has 2 fully saturated rings. The minimum atomic E-state index is 0.143. The van der Waals surface area contributed by atoms with E-state index in [-0.39, 0.29) is 5.92 Å². The zero-order chi connectivity index (χ0) is 16.2. The van der Waals surface area contributed by atoms with Gasteiger partial charge >= 0.3 is 0 Å². The standard InChI is InChI=1S/C15H26N6O2/c1-23-9-8-20-5-2-12(10-20)14(22)21-6-3-11(4-7-21)13-17-15(16)19-18-13/h11-12H,2-10H2,1H3,(H3,16,17,18,19)/t12-/m0/s1. The number of hydrogen-bond donors (Lipinski definition) is 2. The number of rotatable bonds is 5. The van der Waals surface area contributed by atoms with Crippen LogP contribution in [0, 0.1) is 5.92 Å². The third kappa shape index (κ3) is 3.81. The number of carbonyl (C=O) groups is 1. The number of hydrogen-bond acceptors (Lipinski definition) is 6. The van der Waals surface area contributed by atoms with Crippen LogP contribution in [-0.2, 0) is 9.53 Å². The number of nitrogens with zero attached hydrogens (tertiary/aromatic N) is 4. The van der Waals surface area contributed by atoms with E-state index in [0.29, 0.717) is 17.8 Å². The molecule has 2 saturated heterocycles. The highest BCUT2D eigenvalue weighted by Gasteiger charge is 2.33. The van der Waals surface area contributed by atoms with E-state index in [1.807, 2.05) is 4.90 Å². The van der Waals surface area contributed by atoms with Gasteiger partial charge in [-0.2, -0.15) is 4.98 Å². The lowest BCUT2D eigenvalue weighted by Gasteiger charge is -2.32. The SMILES string of the molecule is COCCN1CC[C@H](C(=O)N2CCC(c3nc(N)n[nH]3)CC2)C1. The Kier molecular flexibility index (Phi) is 5.12. The van der Waals surface area contributed by atoms with Crippen molar-refractivity contribution in [2.45, 2.75) is 25.2 Å². The second-order valence-corrected chi connectivity index (χ2v) is 6.46. The number of H-pyrrole nitrogens is 1. The number of likely N-dealkylation sites (tertiary alicyclic amines) is 2. The topological polar surface area (TPSA) is 100 Å². The summed E-state index contributed by atoms with van der Waals surface area (Å²) < 4.78 is 5.11. The van der Waals surface area contributed by atoms with Crippen LogP contribution in [0.2, 0.25) is 0 Å². The molecular weight excluding hydrogens is 296 g/mol. The molecule has 8 heteroatoms. The Bertz CT molecular complexity index is 526. The first kappa shape index (κ1) is 16.2. The van der Waals surface area contributed by atoms with Gasteiger partial charge < -0.3 is 20.3 Å². The Hall–Kier alpha value is -1.67. The Morgan fingerprint density at radius 2 is 2.13 bits per heavy atom. The largest absolute Gasteiger partial charge is 0.383 e. The molecule has 0 radical (unpaired) electrons. The number of nitrogens with one attached hydrogen (secondary N) is 1. The number of nitrogens with two attached hydrogens (primary N) is 1. The Balaban J connectivity index is 1.47. The van der Waals surface area contributed by atoms with E-state index in [4.69, 9.17) is 10.5 Å². The van der Waals surface area contributed by atoms with E-state index in [9.17, 15) is 4.79 Å². The molecule has 3 heterocycles. The molecule has 2 aliphatic heterocycles. The van der Waals surface area contributed by atoms with Crippen LogP contribution in [0.4, 0.5) is 5.95 Å². The summed E-state index contributed by atoms with van der Waals surface area (Å²) in [5.41, 5.74) is 5.56. The summed E-state index contributed by atoms with van der Waals surface area (Å²) in [6.07, 6.45) is 2.79. The highest BCUT2D eigenvalue weighted by atomic mass is 16.5. The summed E-state index contributed by atoms with van der Waals surface area (Å²) >= 11 is 0. The van der Waals surface area contributed by atoms with Gasteiger partial charge in [-0.15, -0.1) is 5.10 Å². The molecule has 0 spiro atoms. The van der Waals surface area contributed by atoms with Gasteiger partial charge in [-0.05, 0) is 25.8 Å². The van der Waals surface area contributed by atoms with Gasteiger partial charge in [-0.1, -0.05) is 0 Å². The monoisotopic (exact) mass is 322 g/mol. The van der Waals surface area contributed by atoms with E-state index in [1.165, 1.54) is 0 Å². The molecule has 3 rings (SSSR count). The molecule has 1 aromatic rings. The van der Waals surface area contributed by atoms with Crippen molar-refractivity contribution >= 4 is 11.9 Å². The van der Waals surface area contributed by atoms with Gasteiger partial charge in [0.15, 0.2) is 0 Å². The molecule has 0 bridgehead atoms. The van der Waals surface area contributed by atoms with Gasteiger partial charge in [0, 0.05) is 39.2 Å². The van der Waals surface area contributed by atoms with Crippen LogP contribution >= 0.6 is 0 Å². The minimum absolute atomic E-state index is 0.143. The molecule has 0 aliphatic carbocycles. The molecule has 0 saturated carbocycles. The summed E-state index contributed by atoms with van der Waals surface area (Å²) in [6.45, 7) is 5.08. The van der Waals surface area contributed by atoms with Crippen molar-refractivity contribution in [1.29, 1.82) is 0 Å². The van der Waals surface area contributed by atoms with Gasteiger partial charge in [-0.3, -0.25) is 9.89 Å². The lowest BCUT2D eigenvalue weighted by atomic mass is 9.95. The van der Waals surface area contributed by atoms with Crippen molar-refractivity contribution in [3.05, 3.63) is 5.82 Å². The van der Waals surface area contributed by atoms with Crippen molar-refractivity contribution in [1.82, 2.24) is 25.0 Å². The molecule has 0 aromatic carbocycles. The maximum absolute atomic E-state index is 12.7. The normalized spacial score (nSPS) is 23.5. The number of methoxy groups -OCH3 is 1. The zero-order valence-electron chi connectivity index (χ0n) is 13.7.